The van der Waals surface area contributed by atoms with Gasteiger partial charge in [-0.05, 0) is 30.9 Å². The first kappa shape index (κ1) is 13.6. The van der Waals surface area contributed by atoms with Gasteiger partial charge in [-0.15, -0.1) is 0 Å². The first-order valence-electron chi connectivity index (χ1n) is 6.61. The van der Waals surface area contributed by atoms with Crippen molar-refractivity contribution in [3.05, 3.63) is 29.6 Å². The summed E-state index contributed by atoms with van der Waals surface area (Å²) < 4.78 is 19.4. The number of oxime groups is 1. The van der Waals surface area contributed by atoms with Crippen LogP contribution in [0.5, 0.6) is 5.75 Å². The Hall–Kier alpha value is -1.78. The quantitative estimate of drug-likeness (QED) is 0.381. The number of rotatable bonds is 4. The third kappa shape index (κ3) is 3.36. The van der Waals surface area contributed by atoms with Crippen LogP contribution in [-0.2, 0) is 0 Å². The SMILES string of the molecule is NC(=NO)c1c(F)cccc1OCC1CCCCC1. The van der Waals surface area contributed by atoms with Gasteiger partial charge in [-0.1, -0.05) is 30.5 Å². The summed E-state index contributed by atoms with van der Waals surface area (Å²) >= 11 is 0. The van der Waals surface area contributed by atoms with E-state index in [1.807, 2.05) is 0 Å². The maximum Gasteiger partial charge on any atom is 0.176 e. The Morgan fingerprint density at radius 3 is 2.79 bits per heavy atom. The molecule has 0 aromatic heterocycles. The maximum atomic E-state index is 13.7. The summed E-state index contributed by atoms with van der Waals surface area (Å²) in [5, 5.41) is 11.5. The molecule has 1 saturated carbocycles. The normalized spacial score (nSPS) is 17.4. The Morgan fingerprint density at radius 2 is 2.11 bits per heavy atom. The molecular formula is C14H19FN2O2. The molecule has 0 unspecified atom stereocenters. The number of amidine groups is 1. The molecule has 4 nitrogen and oxygen atoms in total. The van der Waals surface area contributed by atoms with Crippen LogP contribution in [-0.4, -0.2) is 17.6 Å². The lowest BCUT2D eigenvalue weighted by atomic mass is 9.90. The van der Waals surface area contributed by atoms with Gasteiger partial charge in [0.1, 0.15) is 11.6 Å². The summed E-state index contributed by atoms with van der Waals surface area (Å²) in [5.74, 6) is 0.0335. The van der Waals surface area contributed by atoms with Gasteiger partial charge in [-0.3, -0.25) is 0 Å². The van der Waals surface area contributed by atoms with Crippen molar-refractivity contribution < 1.29 is 14.3 Å². The van der Waals surface area contributed by atoms with Gasteiger partial charge in [-0.25, -0.2) is 4.39 Å². The zero-order valence-electron chi connectivity index (χ0n) is 10.8. The second kappa shape index (κ2) is 6.41. The minimum absolute atomic E-state index is 0.0285. The number of nitrogens with two attached hydrogens (primary N) is 1. The van der Waals surface area contributed by atoms with E-state index in [1.54, 1.807) is 12.1 Å². The number of ether oxygens (including phenoxy) is 1. The summed E-state index contributed by atoms with van der Waals surface area (Å²) in [6.45, 7) is 0.551. The Morgan fingerprint density at radius 1 is 1.37 bits per heavy atom. The van der Waals surface area contributed by atoms with Gasteiger partial charge < -0.3 is 15.7 Å². The van der Waals surface area contributed by atoms with Crippen LogP contribution in [0, 0.1) is 11.7 Å². The van der Waals surface area contributed by atoms with Crippen molar-refractivity contribution in [2.45, 2.75) is 32.1 Å². The van der Waals surface area contributed by atoms with Crippen molar-refractivity contribution in [2.75, 3.05) is 6.61 Å². The average Bonchev–Trinajstić information content (AvgIpc) is 2.45. The Kier molecular flexibility index (Phi) is 4.60. The van der Waals surface area contributed by atoms with Crippen LogP contribution in [0.25, 0.3) is 0 Å². The molecule has 1 aromatic carbocycles. The highest BCUT2D eigenvalue weighted by Gasteiger charge is 2.17. The fraction of sp³-hybridized carbons (Fsp3) is 0.500. The van der Waals surface area contributed by atoms with E-state index in [4.69, 9.17) is 15.7 Å². The molecule has 3 N–H and O–H groups in total. The van der Waals surface area contributed by atoms with E-state index in [1.165, 1.54) is 25.3 Å². The average molecular weight is 266 g/mol. The highest BCUT2D eigenvalue weighted by molar-refractivity contribution is 5.99. The lowest BCUT2D eigenvalue weighted by Crippen LogP contribution is -2.20. The van der Waals surface area contributed by atoms with Crippen LogP contribution in [0.1, 0.15) is 37.7 Å². The smallest absolute Gasteiger partial charge is 0.176 e. The van der Waals surface area contributed by atoms with Gasteiger partial charge in [0.05, 0.1) is 12.2 Å². The minimum atomic E-state index is -0.545. The van der Waals surface area contributed by atoms with Crippen molar-refractivity contribution in [2.24, 2.45) is 16.8 Å². The van der Waals surface area contributed by atoms with Crippen molar-refractivity contribution in [1.29, 1.82) is 0 Å². The van der Waals surface area contributed by atoms with Gasteiger partial charge in [0.2, 0.25) is 0 Å². The molecule has 1 aliphatic carbocycles. The molecule has 0 atom stereocenters. The largest absolute Gasteiger partial charge is 0.492 e. The Labute approximate surface area is 112 Å². The van der Waals surface area contributed by atoms with E-state index in [0.29, 0.717) is 18.3 Å². The molecule has 1 aliphatic rings. The van der Waals surface area contributed by atoms with Crippen molar-refractivity contribution in [3.8, 4) is 5.75 Å². The first-order chi connectivity index (χ1) is 9.22. The fourth-order valence-electron chi connectivity index (χ4n) is 2.48. The van der Waals surface area contributed by atoms with Crippen LogP contribution in [0.4, 0.5) is 4.39 Å². The maximum absolute atomic E-state index is 13.7. The summed E-state index contributed by atoms with van der Waals surface area (Å²) in [5.41, 5.74) is 5.51. The highest BCUT2D eigenvalue weighted by Crippen LogP contribution is 2.26. The number of hydrogen-bond acceptors (Lipinski definition) is 3. The number of hydrogen-bond donors (Lipinski definition) is 2. The van der Waals surface area contributed by atoms with E-state index in [9.17, 15) is 4.39 Å². The molecule has 5 heteroatoms. The molecule has 0 radical (unpaired) electrons. The lowest BCUT2D eigenvalue weighted by Gasteiger charge is -2.22. The van der Waals surface area contributed by atoms with Crippen LogP contribution >= 0.6 is 0 Å². The summed E-state index contributed by atoms with van der Waals surface area (Å²) in [7, 11) is 0. The van der Waals surface area contributed by atoms with Crippen LogP contribution in [0.15, 0.2) is 23.4 Å². The molecule has 19 heavy (non-hydrogen) atoms. The molecule has 0 spiro atoms. The van der Waals surface area contributed by atoms with Crippen LogP contribution < -0.4 is 10.5 Å². The van der Waals surface area contributed by atoms with Gasteiger partial charge in [-0.2, -0.15) is 0 Å². The molecule has 1 fully saturated rings. The topological polar surface area (TPSA) is 67.8 Å². The van der Waals surface area contributed by atoms with Crippen molar-refractivity contribution in [1.82, 2.24) is 0 Å². The third-order valence-electron chi connectivity index (χ3n) is 3.54. The van der Waals surface area contributed by atoms with Gasteiger partial charge in [0, 0.05) is 0 Å². The highest BCUT2D eigenvalue weighted by atomic mass is 19.1. The lowest BCUT2D eigenvalue weighted by molar-refractivity contribution is 0.208. The molecular weight excluding hydrogens is 247 g/mol. The second-order valence-electron chi connectivity index (χ2n) is 4.91. The molecule has 1 aromatic rings. The molecule has 0 heterocycles. The third-order valence-corrected chi connectivity index (χ3v) is 3.54. The second-order valence-corrected chi connectivity index (χ2v) is 4.91. The monoisotopic (exact) mass is 266 g/mol. The van der Waals surface area contributed by atoms with Gasteiger partial charge in [0.25, 0.3) is 0 Å². The molecule has 0 aliphatic heterocycles. The molecule has 104 valence electrons. The van der Waals surface area contributed by atoms with E-state index in [0.717, 1.165) is 12.8 Å². The Bertz CT molecular complexity index is 457. The van der Waals surface area contributed by atoms with Crippen molar-refractivity contribution in [3.63, 3.8) is 0 Å². The standard InChI is InChI=1S/C14H19FN2O2/c15-11-7-4-8-12(13(11)14(16)17-18)19-9-10-5-2-1-3-6-10/h4,7-8,10,18H,1-3,5-6,9H2,(H2,16,17). The predicted molar refractivity (Wildman–Crippen MR) is 71.0 cm³/mol. The van der Waals surface area contributed by atoms with Crippen LogP contribution in [0.3, 0.4) is 0 Å². The molecule has 2 rings (SSSR count). The predicted octanol–water partition coefficient (Wildman–Crippen LogP) is 2.88. The van der Waals surface area contributed by atoms with E-state index in [-0.39, 0.29) is 11.4 Å². The van der Waals surface area contributed by atoms with Gasteiger partial charge in [0.15, 0.2) is 5.84 Å². The van der Waals surface area contributed by atoms with E-state index < -0.39 is 5.82 Å². The number of nitrogens with zero attached hydrogens (tertiary/aromatic N) is 1. The van der Waals surface area contributed by atoms with Crippen LogP contribution in [0.2, 0.25) is 0 Å². The number of halogens is 1. The zero-order valence-corrected chi connectivity index (χ0v) is 10.8. The Balaban J connectivity index is 2.09. The molecule has 0 amide bonds. The summed E-state index contributed by atoms with van der Waals surface area (Å²) in [6, 6.07) is 4.46. The first-order valence-corrected chi connectivity index (χ1v) is 6.61. The fourth-order valence-corrected chi connectivity index (χ4v) is 2.48. The minimum Gasteiger partial charge on any atom is -0.492 e. The van der Waals surface area contributed by atoms with E-state index in [2.05, 4.69) is 5.16 Å². The summed E-state index contributed by atoms with van der Waals surface area (Å²) in [4.78, 5) is 0. The van der Waals surface area contributed by atoms with E-state index >= 15 is 0 Å². The summed E-state index contributed by atoms with van der Waals surface area (Å²) in [6.07, 6.45) is 6.03. The van der Waals surface area contributed by atoms with Gasteiger partial charge >= 0.3 is 0 Å². The number of benzene rings is 1. The molecule has 0 saturated heterocycles. The molecule has 0 bridgehead atoms. The van der Waals surface area contributed by atoms with Crippen molar-refractivity contribution >= 4 is 5.84 Å². The zero-order chi connectivity index (χ0) is 13.7.